The summed E-state index contributed by atoms with van der Waals surface area (Å²) in [6.45, 7) is 8.27. The van der Waals surface area contributed by atoms with Crippen LogP contribution in [0.1, 0.15) is 31.2 Å². The largest absolute Gasteiger partial charge is 0.317 e. The number of nitrogens with one attached hydrogen (secondary N) is 1. The Morgan fingerprint density at radius 2 is 1.57 bits per heavy atom. The van der Waals surface area contributed by atoms with Gasteiger partial charge in [0.25, 0.3) is 0 Å². The van der Waals surface area contributed by atoms with Gasteiger partial charge >= 0.3 is 0 Å². The highest BCUT2D eigenvalue weighted by Crippen LogP contribution is 2.39. The van der Waals surface area contributed by atoms with E-state index in [4.69, 9.17) is 0 Å². The van der Waals surface area contributed by atoms with Crippen LogP contribution in [-0.2, 0) is 10.0 Å². The minimum atomic E-state index is -4.14. The Morgan fingerprint density at radius 1 is 1.04 bits per heavy atom. The molecule has 1 atom stereocenters. The van der Waals surface area contributed by atoms with Crippen molar-refractivity contribution in [2.45, 2.75) is 50.2 Å². The van der Waals surface area contributed by atoms with Gasteiger partial charge in [-0.15, -0.1) is 0 Å². The molecule has 1 unspecified atom stereocenters. The van der Waals surface area contributed by atoms with Gasteiger partial charge in [0.1, 0.15) is 5.52 Å². The van der Waals surface area contributed by atoms with Crippen LogP contribution in [0.5, 0.6) is 0 Å². The lowest BCUT2D eigenvalue weighted by Crippen LogP contribution is -2.44. The number of fused-ring (bicyclic) bond motifs is 1. The standard InChI is InChI=1S/C18H24F4N2O2SSi/c1-10(28(2,3)4)27(25,26)24-9-12(11-5-7-23-8-6-11)13-14(19)15(20)16(21)17(22)18(13)24/h9-11,23H,5-8H2,1-4H3. The predicted octanol–water partition coefficient (Wildman–Crippen LogP) is 4.11. The van der Waals surface area contributed by atoms with Gasteiger partial charge in [-0.25, -0.2) is 30.0 Å². The molecule has 10 heteroatoms. The third-order valence-electron chi connectivity index (χ3n) is 5.73. The molecule has 1 aliphatic rings. The lowest BCUT2D eigenvalue weighted by Gasteiger charge is -2.26. The van der Waals surface area contributed by atoms with Gasteiger partial charge in [-0.1, -0.05) is 19.6 Å². The Bertz CT molecular complexity index is 1020. The Hall–Kier alpha value is -1.39. The van der Waals surface area contributed by atoms with E-state index in [1.165, 1.54) is 6.92 Å². The zero-order valence-corrected chi connectivity index (χ0v) is 18.1. The molecule has 28 heavy (non-hydrogen) atoms. The van der Waals surface area contributed by atoms with Crippen LogP contribution in [-0.4, -0.2) is 38.4 Å². The van der Waals surface area contributed by atoms with Crippen molar-refractivity contribution in [2.24, 2.45) is 0 Å². The fourth-order valence-electron chi connectivity index (χ4n) is 3.61. The number of rotatable bonds is 4. The Labute approximate surface area is 163 Å². The maximum absolute atomic E-state index is 14.7. The van der Waals surface area contributed by atoms with E-state index < -0.39 is 57.1 Å². The van der Waals surface area contributed by atoms with Crippen molar-refractivity contribution in [3.63, 3.8) is 0 Å². The average Bonchev–Trinajstić information content (AvgIpc) is 3.05. The van der Waals surface area contributed by atoms with E-state index in [0.717, 1.165) is 6.20 Å². The summed E-state index contributed by atoms with van der Waals surface area (Å²) >= 11 is 0. The van der Waals surface area contributed by atoms with Crippen LogP contribution in [0.2, 0.25) is 19.6 Å². The molecule has 0 aliphatic carbocycles. The van der Waals surface area contributed by atoms with E-state index in [2.05, 4.69) is 5.32 Å². The Morgan fingerprint density at radius 3 is 2.11 bits per heavy atom. The molecular weight excluding hydrogens is 412 g/mol. The van der Waals surface area contributed by atoms with Gasteiger partial charge in [0.15, 0.2) is 23.3 Å². The highest BCUT2D eigenvalue weighted by molar-refractivity contribution is 7.92. The molecule has 1 fully saturated rings. The molecule has 3 rings (SSSR count). The quantitative estimate of drug-likeness (QED) is 0.340. The van der Waals surface area contributed by atoms with Gasteiger partial charge in [-0.05, 0) is 44.3 Å². The first-order valence-electron chi connectivity index (χ1n) is 9.21. The molecule has 0 amide bonds. The number of aromatic nitrogens is 1. The Kier molecular flexibility index (Phi) is 5.43. The summed E-state index contributed by atoms with van der Waals surface area (Å²) in [7, 11) is -6.40. The molecular formula is C18H24F4N2O2SSi. The van der Waals surface area contributed by atoms with Crippen LogP contribution in [0.3, 0.4) is 0 Å². The molecule has 1 aliphatic heterocycles. The van der Waals surface area contributed by atoms with Crippen LogP contribution in [0.4, 0.5) is 17.6 Å². The third kappa shape index (κ3) is 3.29. The summed E-state index contributed by atoms with van der Waals surface area (Å²) in [6.07, 6.45) is 2.28. The van der Waals surface area contributed by atoms with Crippen molar-refractivity contribution < 1.29 is 26.0 Å². The van der Waals surface area contributed by atoms with E-state index in [1.807, 2.05) is 19.6 Å². The second-order valence-corrected chi connectivity index (χ2v) is 16.6. The van der Waals surface area contributed by atoms with Crippen molar-refractivity contribution in [3.05, 3.63) is 35.0 Å². The molecule has 4 nitrogen and oxygen atoms in total. The maximum atomic E-state index is 14.7. The van der Waals surface area contributed by atoms with E-state index in [0.29, 0.717) is 29.9 Å². The molecule has 2 aromatic rings. The molecule has 1 aromatic heterocycles. The van der Waals surface area contributed by atoms with E-state index in [-0.39, 0.29) is 11.5 Å². The molecule has 0 radical (unpaired) electrons. The van der Waals surface area contributed by atoms with Gasteiger partial charge in [0.05, 0.1) is 12.9 Å². The monoisotopic (exact) mass is 436 g/mol. The van der Waals surface area contributed by atoms with Crippen molar-refractivity contribution in [1.29, 1.82) is 0 Å². The van der Waals surface area contributed by atoms with Crippen LogP contribution < -0.4 is 5.32 Å². The lowest BCUT2D eigenvalue weighted by atomic mass is 9.90. The number of benzene rings is 1. The third-order valence-corrected chi connectivity index (χ3v) is 12.9. The summed E-state index contributed by atoms with van der Waals surface area (Å²) in [5, 5.41) is 2.66. The molecule has 1 aromatic carbocycles. The summed E-state index contributed by atoms with van der Waals surface area (Å²) in [5.74, 6) is -7.43. The van der Waals surface area contributed by atoms with Crippen molar-refractivity contribution in [3.8, 4) is 0 Å². The lowest BCUT2D eigenvalue weighted by molar-refractivity contribution is 0.416. The zero-order valence-electron chi connectivity index (χ0n) is 16.2. The molecule has 0 spiro atoms. The van der Waals surface area contributed by atoms with Crippen molar-refractivity contribution in [1.82, 2.24) is 9.29 Å². The van der Waals surface area contributed by atoms with Gasteiger partial charge in [0, 0.05) is 11.6 Å². The second-order valence-electron chi connectivity index (χ2n) is 8.44. The first-order chi connectivity index (χ1) is 12.9. The maximum Gasteiger partial charge on any atom is 0.239 e. The smallest absolute Gasteiger partial charge is 0.239 e. The normalized spacial score (nSPS) is 18.0. The number of halogens is 4. The first kappa shape index (κ1) is 21.3. The minimum Gasteiger partial charge on any atom is -0.317 e. The molecule has 0 bridgehead atoms. The van der Waals surface area contributed by atoms with Gasteiger partial charge in [-0.3, -0.25) is 0 Å². The topological polar surface area (TPSA) is 51.1 Å². The first-order valence-corrected chi connectivity index (χ1v) is 14.3. The molecule has 1 N–H and O–H groups in total. The zero-order chi connectivity index (χ0) is 21.0. The number of hydrogen-bond donors (Lipinski definition) is 1. The number of piperidine rings is 1. The van der Waals surface area contributed by atoms with E-state index in [1.54, 1.807) is 0 Å². The van der Waals surface area contributed by atoms with Crippen molar-refractivity contribution >= 4 is 29.0 Å². The van der Waals surface area contributed by atoms with Gasteiger partial charge in [-0.2, -0.15) is 0 Å². The summed E-state index contributed by atoms with van der Waals surface area (Å²) < 4.78 is 84.4. The number of nitrogens with zero attached hydrogens (tertiary/aromatic N) is 1. The van der Waals surface area contributed by atoms with Gasteiger partial charge < -0.3 is 5.32 Å². The highest BCUT2D eigenvalue weighted by atomic mass is 32.2. The summed E-state index contributed by atoms with van der Waals surface area (Å²) in [5.41, 5.74) is -0.534. The van der Waals surface area contributed by atoms with Crippen LogP contribution in [0, 0.1) is 23.3 Å². The van der Waals surface area contributed by atoms with E-state index >= 15 is 0 Å². The fourth-order valence-corrected chi connectivity index (χ4v) is 8.55. The molecule has 156 valence electrons. The van der Waals surface area contributed by atoms with Crippen molar-refractivity contribution in [2.75, 3.05) is 13.1 Å². The number of hydrogen-bond acceptors (Lipinski definition) is 3. The SMILES string of the molecule is CC([Si](C)(C)C)S(=O)(=O)n1cc(C2CCNCC2)c2c(F)c(F)c(F)c(F)c21. The van der Waals surface area contributed by atoms with E-state index in [9.17, 15) is 26.0 Å². The van der Waals surface area contributed by atoms with Gasteiger partial charge in [0.2, 0.25) is 10.0 Å². The fraction of sp³-hybridized carbons (Fsp3) is 0.556. The summed E-state index contributed by atoms with van der Waals surface area (Å²) in [6, 6.07) is 0. The minimum absolute atomic E-state index is 0.207. The molecule has 2 heterocycles. The molecule has 0 saturated carbocycles. The summed E-state index contributed by atoms with van der Waals surface area (Å²) in [4.78, 5) is -0.841. The van der Waals surface area contributed by atoms with Crippen LogP contribution >= 0.6 is 0 Å². The molecule has 1 saturated heterocycles. The van der Waals surface area contributed by atoms with Crippen LogP contribution in [0.25, 0.3) is 10.9 Å². The second kappa shape index (κ2) is 7.14. The average molecular weight is 437 g/mol. The highest BCUT2D eigenvalue weighted by Gasteiger charge is 2.39. The predicted molar refractivity (Wildman–Crippen MR) is 104 cm³/mol. The van der Waals surface area contributed by atoms with Crippen LogP contribution in [0.15, 0.2) is 6.20 Å². The Balaban J connectivity index is 2.38.